The van der Waals surface area contributed by atoms with Gasteiger partial charge in [-0.15, -0.1) is 0 Å². The molecule has 4 rings (SSSR count). The van der Waals surface area contributed by atoms with E-state index >= 15 is 0 Å². The summed E-state index contributed by atoms with van der Waals surface area (Å²) in [6, 6.07) is 11.1. The summed E-state index contributed by atoms with van der Waals surface area (Å²) in [6.45, 7) is 0. The van der Waals surface area contributed by atoms with Crippen molar-refractivity contribution in [2.45, 2.75) is 23.8 Å². The second-order valence-electron chi connectivity index (χ2n) is 6.20. The molecule has 0 saturated heterocycles. The summed E-state index contributed by atoms with van der Waals surface area (Å²) in [4.78, 5) is 16.5. The molecule has 138 valence electrons. The van der Waals surface area contributed by atoms with Gasteiger partial charge in [-0.3, -0.25) is 9.78 Å². The van der Waals surface area contributed by atoms with Gasteiger partial charge in [0, 0.05) is 35.8 Å². The third-order valence-corrected chi connectivity index (χ3v) is 5.51. The molecule has 2 N–H and O–H groups in total. The molecule has 0 atom stereocenters. The van der Waals surface area contributed by atoms with Crippen LogP contribution >= 0.6 is 0 Å². The van der Waals surface area contributed by atoms with E-state index in [4.69, 9.17) is 4.52 Å². The lowest BCUT2D eigenvalue weighted by atomic mass is 10.2. The normalized spacial score (nSPS) is 14.1. The summed E-state index contributed by atoms with van der Waals surface area (Å²) in [5.74, 6) is -0.0863. The molecule has 1 aliphatic carbocycles. The minimum atomic E-state index is -3.59. The Bertz CT molecular complexity index is 1080. The Morgan fingerprint density at radius 3 is 2.74 bits per heavy atom. The highest BCUT2D eigenvalue weighted by Gasteiger charge is 2.28. The first-order chi connectivity index (χ1) is 13.0. The average molecular weight is 384 g/mol. The number of carbonyl (C=O) groups is 1. The van der Waals surface area contributed by atoms with Gasteiger partial charge in [0.2, 0.25) is 10.0 Å². The van der Waals surface area contributed by atoms with Gasteiger partial charge >= 0.3 is 0 Å². The highest BCUT2D eigenvalue weighted by Crippen LogP contribution is 2.24. The third kappa shape index (κ3) is 4.04. The van der Waals surface area contributed by atoms with Crippen LogP contribution in [0.15, 0.2) is 64.3 Å². The van der Waals surface area contributed by atoms with Crippen molar-refractivity contribution in [3.05, 3.63) is 60.6 Å². The van der Waals surface area contributed by atoms with Gasteiger partial charge in [-0.05, 0) is 43.2 Å². The van der Waals surface area contributed by atoms with Crippen molar-refractivity contribution in [1.29, 1.82) is 0 Å². The fourth-order valence-electron chi connectivity index (χ4n) is 2.45. The molecule has 1 aliphatic rings. The van der Waals surface area contributed by atoms with Crippen LogP contribution in [0.2, 0.25) is 0 Å². The van der Waals surface area contributed by atoms with E-state index in [2.05, 4.69) is 20.2 Å². The molecule has 1 amide bonds. The van der Waals surface area contributed by atoms with Crippen molar-refractivity contribution in [2.24, 2.45) is 0 Å². The van der Waals surface area contributed by atoms with Gasteiger partial charge in [-0.2, -0.15) is 0 Å². The number of pyridine rings is 1. The Hall–Kier alpha value is -3.04. The fraction of sp³-hybridized carbons (Fsp3) is 0.167. The molecule has 0 bridgehead atoms. The number of anilines is 1. The standard InChI is InChI=1S/C18H16N4O4S/c23-18(16-10-17(26-21-16)12-3-2-8-19-11-12)20-14-4-1-5-15(9-14)27(24,25)22-13-6-7-13/h1-5,8-11,13,22H,6-7H2,(H,20,23). The maximum absolute atomic E-state index is 12.4. The number of nitrogens with zero attached hydrogens (tertiary/aromatic N) is 2. The summed E-state index contributed by atoms with van der Waals surface area (Å²) in [6.07, 6.45) is 4.93. The first kappa shape index (κ1) is 17.4. The van der Waals surface area contributed by atoms with Crippen LogP contribution in [-0.2, 0) is 10.0 Å². The molecule has 27 heavy (non-hydrogen) atoms. The van der Waals surface area contributed by atoms with E-state index in [0.717, 1.165) is 12.8 Å². The van der Waals surface area contributed by atoms with Crippen LogP contribution in [0.25, 0.3) is 11.3 Å². The van der Waals surface area contributed by atoms with E-state index in [1.807, 2.05) is 0 Å². The molecule has 0 radical (unpaired) electrons. The highest BCUT2D eigenvalue weighted by molar-refractivity contribution is 7.89. The summed E-state index contributed by atoms with van der Waals surface area (Å²) in [5, 5.41) is 6.40. The Morgan fingerprint density at radius 2 is 2.00 bits per heavy atom. The molecule has 0 spiro atoms. The lowest BCUT2D eigenvalue weighted by Crippen LogP contribution is -2.25. The second-order valence-corrected chi connectivity index (χ2v) is 7.91. The van der Waals surface area contributed by atoms with Crippen LogP contribution in [-0.4, -0.2) is 30.5 Å². The number of benzene rings is 1. The zero-order valence-electron chi connectivity index (χ0n) is 14.1. The first-order valence-electron chi connectivity index (χ1n) is 8.32. The maximum atomic E-state index is 12.4. The molecule has 2 heterocycles. The number of aromatic nitrogens is 2. The predicted octanol–water partition coefficient (Wildman–Crippen LogP) is 2.43. The van der Waals surface area contributed by atoms with Gasteiger partial charge < -0.3 is 9.84 Å². The molecule has 9 heteroatoms. The number of amides is 1. The van der Waals surface area contributed by atoms with Gasteiger partial charge in [0.25, 0.3) is 5.91 Å². The number of nitrogens with one attached hydrogen (secondary N) is 2. The van der Waals surface area contributed by atoms with Crippen LogP contribution < -0.4 is 10.0 Å². The summed E-state index contributed by atoms with van der Waals surface area (Å²) in [7, 11) is -3.59. The van der Waals surface area contributed by atoms with Crippen LogP contribution in [0.4, 0.5) is 5.69 Å². The van der Waals surface area contributed by atoms with Crippen LogP contribution in [0.5, 0.6) is 0 Å². The van der Waals surface area contributed by atoms with E-state index in [9.17, 15) is 13.2 Å². The molecule has 1 saturated carbocycles. The molecule has 2 aromatic heterocycles. The van der Waals surface area contributed by atoms with Crippen molar-refractivity contribution in [3.8, 4) is 11.3 Å². The Morgan fingerprint density at radius 1 is 1.15 bits per heavy atom. The minimum Gasteiger partial charge on any atom is -0.355 e. The van der Waals surface area contributed by atoms with Crippen molar-refractivity contribution >= 4 is 21.6 Å². The predicted molar refractivity (Wildman–Crippen MR) is 97.5 cm³/mol. The third-order valence-electron chi connectivity index (χ3n) is 3.99. The molecule has 1 aromatic carbocycles. The van der Waals surface area contributed by atoms with Gasteiger partial charge in [0.1, 0.15) is 0 Å². The summed E-state index contributed by atoms with van der Waals surface area (Å²) in [5.41, 5.74) is 1.13. The Balaban J connectivity index is 1.50. The van der Waals surface area contributed by atoms with Gasteiger partial charge in [0.05, 0.1) is 4.90 Å². The van der Waals surface area contributed by atoms with Gasteiger partial charge in [-0.1, -0.05) is 11.2 Å². The minimum absolute atomic E-state index is 0.00859. The summed E-state index contributed by atoms with van der Waals surface area (Å²) < 4.78 is 32.4. The SMILES string of the molecule is O=C(Nc1cccc(S(=O)(=O)NC2CC2)c1)c1cc(-c2cccnc2)on1. The molecule has 3 aromatic rings. The van der Waals surface area contributed by atoms with E-state index in [0.29, 0.717) is 17.0 Å². The van der Waals surface area contributed by atoms with E-state index in [-0.39, 0.29) is 16.6 Å². The van der Waals surface area contributed by atoms with E-state index in [1.165, 1.54) is 18.2 Å². The molecule has 1 fully saturated rings. The number of sulfonamides is 1. The zero-order valence-corrected chi connectivity index (χ0v) is 14.9. The number of hydrogen-bond donors (Lipinski definition) is 2. The highest BCUT2D eigenvalue weighted by atomic mass is 32.2. The number of carbonyl (C=O) groups excluding carboxylic acids is 1. The molecule has 0 aliphatic heterocycles. The van der Waals surface area contributed by atoms with Crippen molar-refractivity contribution in [2.75, 3.05) is 5.32 Å². The zero-order chi connectivity index (χ0) is 18.9. The van der Waals surface area contributed by atoms with Gasteiger partial charge in [0.15, 0.2) is 11.5 Å². The topological polar surface area (TPSA) is 114 Å². The van der Waals surface area contributed by atoms with Crippen LogP contribution in [0.3, 0.4) is 0 Å². The summed E-state index contributed by atoms with van der Waals surface area (Å²) >= 11 is 0. The van der Waals surface area contributed by atoms with Crippen LogP contribution in [0.1, 0.15) is 23.3 Å². The lowest BCUT2D eigenvalue weighted by Gasteiger charge is -2.08. The molecule has 0 unspecified atom stereocenters. The smallest absolute Gasteiger partial charge is 0.277 e. The van der Waals surface area contributed by atoms with Gasteiger partial charge in [-0.25, -0.2) is 13.1 Å². The average Bonchev–Trinajstić information content (AvgIpc) is 3.33. The monoisotopic (exact) mass is 384 g/mol. The quantitative estimate of drug-likeness (QED) is 0.675. The van der Waals surface area contributed by atoms with E-state index in [1.54, 1.807) is 36.7 Å². The first-order valence-corrected chi connectivity index (χ1v) is 9.80. The van der Waals surface area contributed by atoms with Crippen molar-refractivity contribution < 1.29 is 17.7 Å². The van der Waals surface area contributed by atoms with E-state index < -0.39 is 15.9 Å². The molecule has 8 nitrogen and oxygen atoms in total. The van der Waals surface area contributed by atoms with Crippen molar-refractivity contribution in [3.63, 3.8) is 0 Å². The Kier molecular flexibility index (Phi) is 4.46. The molecular formula is C18H16N4O4S. The number of rotatable bonds is 6. The second kappa shape index (κ2) is 6.93. The van der Waals surface area contributed by atoms with Crippen molar-refractivity contribution in [1.82, 2.24) is 14.9 Å². The van der Waals surface area contributed by atoms with Crippen LogP contribution in [0, 0.1) is 0 Å². The lowest BCUT2D eigenvalue weighted by molar-refractivity contribution is 0.101. The maximum Gasteiger partial charge on any atom is 0.277 e. The molecular weight excluding hydrogens is 368 g/mol. The largest absolute Gasteiger partial charge is 0.355 e. The fourth-order valence-corrected chi connectivity index (χ4v) is 3.80. The number of hydrogen-bond acceptors (Lipinski definition) is 6. The Labute approximate surface area is 155 Å².